The van der Waals surface area contributed by atoms with Gasteiger partial charge in [-0.25, -0.2) is 0 Å². The number of amides is 1. The van der Waals surface area contributed by atoms with Gasteiger partial charge in [-0.15, -0.1) is 0 Å². The number of rotatable bonds is 1. The Kier molecular flexibility index (Phi) is 1.47. The Bertz CT molecular complexity index is 125. The molecule has 1 N–H and O–H groups in total. The zero-order valence-corrected chi connectivity index (χ0v) is 5.85. The molecule has 0 spiro atoms. The van der Waals surface area contributed by atoms with Gasteiger partial charge in [-0.2, -0.15) is 0 Å². The molecule has 2 nitrogen and oxygen atoms in total. The van der Waals surface area contributed by atoms with Gasteiger partial charge in [0.2, 0.25) is 5.91 Å². The maximum Gasteiger partial charge on any atom is 0.242 e. The molecule has 1 aliphatic rings. The van der Waals surface area contributed by atoms with Crippen molar-refractivity contribution in [3.8, 4) is 0 Å². The van der Waals surface area contributed by atoms with Crippen LogP contribution in [-0.2, 0) is 4.79 Å². The average molecular weight is 126 g/mol. The molecule has 51 valence electrons. The van der Waals surface area contributed by atoms with E-state index in [-0.39, 0.29) is 11.8 Å². The normalized spacial score (nSPS) is 41.8. The van der Waals surface area contributed by atoms with E-state index >= 15 is 0 Å². The van der Waals surface area contributed by atoms with Crippen LogP contribution < -0.4 is 5.73 Å². The lowest BCUT2D eigenvalue weighted by Gasteiger charge is -2.38. The fraction of sp³-hybridized carbons (Fsp3) is 0.857. The molecule has 1 saturated carbocycles. The number of hydrogen-bond donors (Lipinski definition) is 0. The monoisotopic (exact) mass is 126 g/mol. The van der Waals surface area contributed by atoms with Gasteiger partial charge in [0.25, 0.3) is 0 Å². The molecular formula is C7H12NO. The third-order valence-electron chi connectivity index (χ3n) is 2.27. The quantitative estimate of drug-likeness (QED) is 0.518. The van der Waals surface area contributed by atoms with Crippen LogP contribution in [0.15, 0.2) is 0 Å². The maximum absolute atomic E-state index is 10.5. The number of hydrogen-bond acceptors (Lipinski definition) is 1. The fourth-order valence-electron chi connectivity index (χ4n) is 1.76. The summed E-state index contributed by atoms with van der Waals surface area (Å²) in [7, 11) is 0. The molecule has 0 heterocycles. The van der Waals surface area contributed by atoms with Crippen LogP contribution in [0.1, 0.15) is 20.3 Å². The molecule has 0 aromatic carbocycles. The van der Waals surface area contributed by atoms with E-state index in [0.29, 0.717) is 11.8 Å². The van der Waals surface area contributed by atoms with E-state index in [9.17, 15) is 4.79 Å². The van der Waals surface area contributed by atoms with Gasteiger partial charge in [-0.1, -0.05) is 13.8 Å². The van der Waals surface area contributed by atoms with Crippen LogP contribution in [0.25, 0.3) is 0 Å². The first kappa shape index (κ1) is 6.59. The molecule has 1 amide bonds. The van der Waals surface area contributed by atoms with E-state index in [4.69, 9.17) is 5.73 Å². The van der Waals surface area contributed by atoms with Gasteiger partial charge in [0.1, 0.15) is 0 Å². The van der Waals surface area contributed by atoms with Crippen molar-refractivity contribution in [3.05, 3.63) is 0 Å². The van der Waals surface area contributed by atoms with Crippen LogP contribution in [0, 0.1) is 17.8 Å². The smallest absolute Gasteiger partial charge is 0.242 e. The Morgan fingerprint density at radius 2 is 1.89 bits per heavy atom. The Hall–Kier alpha value is -0.530. The highest BCUT2D eigenvalue weighted by atomic mass is 16.1. The Balaban J connectivity index is 2.49. The highest BCUT2D eigenvalue weighted by molar-refractivity contribution is 5.77. The van der Waals surface area contributed by atoms with Gasteiger partial charge >= 0.3 is 0 Å². The molecule has 2 unspecified atom stereocenters. The van der Waals surface area contributed by atoms with Gasteiger partial charge in [0.05, 0.1) is 0 Å². The lowest BCUT2D eigenvalue weighted by molar-refractivity contribution is -0.130. The first-order valence-corrected chi connectivity index (χ1v) is 3.38. The third kappa shape index (κ3) is 0.934. The standard InChI is InChI=1S/C7H12NO/c1-4-3-5(2)6(4)7(8)9/h4-6,8H,3H2,1-2H3. The van der Waals surface area contributed by atoms with Crippen LogP contribution in [0.5, 0.6) is 0 Å². The number of carbonyl (C=O) groups excluding carboxylic acids is 1. The maximum atomic E-state index is 10.5. The molecule has 2 atom stereocenters. The van der Waals surface area contributed by atoms with Gasteiger partial charge < -0.3 is 0 Å². The summed E-state index contributed by atoms with van der Waals surface area (Å²) < 4.78 is 0. The van der Waals surface area contributed by atoms with Gasteiger partial charge in [-0.05, 0) is 18.3 Å². The van der Waals surface area contributed by atoms with Crippen molar-refractivity contribution in [3.63, 3.8) is 0 Å². The molecule has 1 rings (SSSR count). The Labute approximate surface area is 55.4 Å². The summed E-state index contributed by atoms with van der Waals surface area (Å²) in [6, 6.07) is 0. The highest BCUT2D eigenvalue weighted by Crippen LogP contribution is 2.39. The molecular weight excluding hydrogens is 114 g/mol. The van der Waals surface area contributed by atoms with Crippen molar-refractivity contribution in [1.29, 1.82) is 0 Å². The predicted molar refractivity (Wildman–Crippen MR) is 34.5 cm³/mol. The van der Waals surface area contributed by atoms with Gasteiger partial charge in [0, 0.05) is 5.92 Å². The molecule has 1 fully saturated rings. The second-order valence-corrected chi connectivity index (χ2v) is 3.08. The molecule has 1 aliphatic carbocycles. The molecule has 0 aliphatic heterocycles. The molecule has 2 heteroatoms. The molecule has 0 bridgehead atoms. The largest absolute Gasteiger partial charge is 0.273 e. The zero-order valence-electron chi connectivity index (χ0n) is 5.85. The lowest BCUT2D eigenvalue weighted by atomic mass is 9.66. The van der Waals surface area contributed by atoms with E-state index < -0.39 is 0 Å². The van der Waals surface area contributed by atoms with Crippen molar-refractivity contribution < 1.29 is 4.79 Å². The average Bonchev–Trinajstić information content (AvgIpc) is 1.62. The van der Waals surface area contributed by atoms with E-state index in [1.807, 2.05) is 13.8 Å². The van der Waals surface area contributed by atoms with Crippen molar-refractivity contribution in [2.45, 2.75) is 20.3 Å². The van der Waals surface area contributed by atoms with Crippen molar-refractivity contribution in [1.82, 2.24) is 5.73 Å². The minimum atomic E-state index is -0.374. The van der Waals surface area contributed by atoms with Crippen molar-refractivity contribution in [2.24, 2.45) is 17.8 Å². The topological polar surface area (TPSA) is 40.9 Å². The summed E-state index contributed by atoms with van der Waals surface area (Å²) in [5.74, 6) is 0.598. The minimum Gasteiger partial charge on any atom is -0.273 e. The third-order valence-corrected chi connectivity index (χ3v) is 2.27. The van der Waals surface area contributed by atoms with Crippen LogP contribution in [0.3, 0.4) is 0 Å². The first-order chi connectivity index (χ1) is 4.13. The van der Waals surface area contributed by atoms with E-state index in [1.165, 1.54) is 0 Å². The summed E-state index contributed by atoms with van der Waals surface area (Å²) in [5.41, 5.74) is 6.86. The van der Waals surface area contributed by atoms with Crippen LogP contribution in [-0.4, -0.2) is 5.91 Å². The summed E-state index contributed by atoms with van der Waals surface area (Å²) in [6.45, 7) is 4.08. The van der Waals surface area contributed by atoms with Gasteiger partial charge in [-0.3, -0.25) is 10.5 Å². The molecule has 9 heavy (non-hydrogen) atoms. The fourth-order valence-corrected chi connectivity index (χ4v) is 1.76. The van der Waals surface area contributed by atoms with Crippen LogP contribution >= 0.6 is 0 Å². The number of nitrogens with one attached hydrogen (secondary N) is 1. The Morgan fingerprint density at radius 3 is 2.00 bits per heavy atom. The van der Waals surface area contributed by atoms with Crippen molar-refractivity contribution >= 4 is 5.91 Å². The molecule has 0 aromatic heterocycles. The summed E-state index contributed by atoms with van der Waals surface area (Å²) >= 11 is 0. The highest BCUT2D eigenvalue weighted by Gasteiger charge is 2.38. The van der Waals surface area contributed by atoms with E-state index in [0.717, 1.165) is 6.42 Å². The summed E-state index contributed by atoms with van der Waals surface area (Å²) in [4.78, 5) is 10.5. The van der Waals surface area contributed by atoms with E-state index in [1.54, 1.807) is 0 Å². The zero-order chi connectivity index (χ0) is 7.02. The van der Waals surface area contributed by atoms with Gasteiger partial charge in [0.15, 0.2) is 0 Å². The summed E-state index contributed by atoms with van der Waals surface area (Å²) in [5, 5.41) is 0. The lowest BCUT2D eigenvalue weighted by Crippen LogP contribution is -2.39. The SMILES string of the molecule is CC1CC(C)C1C([NH])=O. The number of carbonyl (C=O) groups is 1. The summed E-state index contributed by atoms with van der Waals surface area (Å²) in [6.07, 6.45) is 1.12. The first-order valence-electron chi connectivity index (χ1n) is 3.38. The van der Waals surface area contributed by atoms with Crippen LogP contribution in [0.2, 0.25) is 0 Å². The van der Waals surface area contributed by atoms with Crippen molar-refractivity contribution in [2.75, 3.05) is 0 Å². The predicted octanol–water partition coefficient (Wildman–Crippen LogP) is 1.09. The molecule has 0 aromatic rings. The van der Waals surface area contributed by atoms with E-state index in [2.05, 4.69) is 0 Å². The minimum absolute atomic E-state index is 0.0463. The second kappa shape index (κ2) is 2.01. The Morgan fingerprint density at radius 1 is 1.44 bits per heavy atom. The second-order valence-electron chi connectivity index (χ2n) is 3.08. The molecule has 0 saturated heterocycles. The van der Waals surface area contributed by atoms with Crippen LogP contribution in [0.4, 0.5) is 0 Å². The molecule has 1 radical (unpaired) electrons.